The first kappa shape index (κ1) is 16.0. The van der Waals surface area contributed by atoms with Crippen molar-refractivity contribution in [3.05, 3.63) is 51.9 Å². The molecule has 1 amide bonds. The fourth-order valence-electron chi connectivity index (χ4n) is 1.92. The summed E-state index contributed by atoms with van der Waals surface area (Å²) >= 11 is 9.05. The van der Waals surface area contributed by atoms with Crippen LogP contribution in [0.4, 0.5) is 5.69 Å². The molecule has 2 heterocycles. The lowest BCUT2D eigenvalue weighted by Crippen LogP contribution is -2.14. The van der Waals surface area contributed by atoms with Gasteiger partial charge in [0.1, 0.15) is 6.33 Å². The van der Waals surface area contributed by atoms with Crippen LogP contribution in [0.1, 0.15) is 4.88 Å². The van der Waals surface area contributed by atoms with Crippen LogP contribution in [-0.4, -0.2) is 20.7 Å². The van der Waals surface area contributed by atoms with E-state index in [1.54, 1.807) is 29.8 Å². The molecule has 0 aliphatic rings. The van der Waals surface area contributed by atoms with Crippen molar-refractivity contribution in [3.8, 4) is 0 Å². The van der Waals surface area contributed by atoms with Crippen molar-refractivity contribution in [2.75, 3.05) is 5.32 Å². The Kier molecular flexibility index (Phi) is 5.00. The molecule has 118 valence electrons. The Bertz CT molecular complexity index is 817. The highest BCUT2D eigenvalue weighted by molar-refractivity contribution is 7.99. The lowest BCUT2D eigenvalue weighted by atomic mass is 10.3. The molecule has 0 fully saturated rings. The Hall–Kier alpha value is -1.83. The van der Waals surface area contributed by atoms with E-state index < -0.39 is 0 Å². The highest BCUT2D eigenvalue weighted by atomic mass is 35.5. The van der Waals surface area contributed by atoms with E-state index in [1.807, 2.05) is 35.2 Å². The first-order chi connectivity index (χ1) is 11.1. The van der Waals surface area contributed by atoms with Crippen molar-refractivity contribution >= 4 is 46.3 Å². The lowest BCUT2D eigenvalue weighted by Gasteiger charge is -2.10. The molecule has 0 unspecified atom stereocenters. The number of anilines is 1. The SMILES string of the molecule is Cn1cnnc1Sc1ccc(Cl)cc1NC(=O)Cc1cccs1. The van der Waals surface area contributed by atoms with Gasteiger partial charge in [-0.2, -0.15) is 0 Å². The minimum absolute atomic E-state index is 0.0745. The third kappa shape index (κ3) is 4.13. The van der Waals surface area contributed by atoms with Crippen molar-refractivity contribution in [2.24, 2.45) is 7.05 Å². The normalized spacial score (nSPS) is 10.7. The molecular formula is C15H13ClN4OS2. The Labute approximate surface area is 146 Å². The van der Waals surface area contributed by atoms with Gasteiger partial charge in [-0.15, -0.1) is 21.5 Å². The summed E-state index contributed by atoms with van der Waals surface area (Å²) in [6.07, 6.45) is 1.98. The number of thiophene rings is 1. The number of benzene rings is 1. The first-order valence-corrected chi connectivity index (χ1v) is 8.83. The van der Waals surface area contributed by atoms with Crippen molar-refractivity contribution in [1.29, 1.82) is 0 Å². The maximum atomic E-state index is 12.2. The summed E-state index contributed by atoms with van der Waals surface area (Å²) in [6.45, 7) is 0. The molecule has 0 atom stereocenters. The molecule has 3 rings (SSSR count). The van der Waals surface area contributed by atoms with Gasteiger partial charge in [0, 0.05) is 21.8 Å². The zero-order chi connectivity index (χ0) is 16.2. The number of halogens is 1. The smallest absolute Gasteiger partial charge is 0.229 e. The van der Waals surface area contributed by atoms with E-state index in [4.69, 9.17) is 11.6 Å². The zero-order valence-corrected chi connectivity index (χ0v) is 14.6. The van der Waals surface area contributed by atoms with E-state index in [-0.39, 0.29) is 5.91 Å². The van der Waals surface area contributed by atoms with Gasteiger partial charge in [0.05, 0.1) is 12.1 Å². The fraction of sp³-hybridized carbons (Fsp3) is 0.133. The van der Waals surface area contributed by atoms with Crippen LogP contribution in [0.5, 0.6) is 0 Å². The molecule has 8 heteroatoms. The predicted molar refractivity (Wildman–Crippen MR) is 93.2 cm³/mol. The quantitative estimate of drug-likeness (QED) is 0.746. The molecule has 0 bridgehead atoms. The number of carbonyl (C=O) groups excluding carboxylic acids is 1. The summed E-state index contributed by atoms with van der Waals surface area (Å²) in [6, 6.07) is 9.27. The van der Waals surface area contributed by atoms with Gasteiger partial charge in [0.2, 0.25) is 5.91 Å². The molecular weight excluding hydrogens is 352 g/mol. The molecule has 0 aliphatic carbocycles. The van der Waals surface area contributed by atoms with Gasteiger partial charge in [-0.05, 0) is 41.4 Å². The molecule has 23 heavy (non-hydrogen) atoms. The summed E-state index contributed by atoms with van der Waals surface area (Å²) in [5, 5.41) is 14.1. The second-order valence-electron chi connectivity index (χ2n) is 4.77. The molecule has 1 N–H and O–H groups in total. The van der Waals surface area contributed by atoms with Crippen LogP contribution in [0.25, 0.3) is 0 Å². The van der Waals surface area contributed by atoms with Gasteiger partial charge < -0.3 is 9.88 Å². The average Bonchev–Trinajstić information content (AvgIpc) is 3.14. The van der Waals surface area contributed by atoms with Crippen molar-refractivity contribution < 1.29 is 4.79 Å². The molecule has 0 saturated heterocycles. The highest BCUT2D eigenvalue weighted by Gasteiger charge is 2.12. The van der Waals surface area contributed by atoms with Crippen LogP contribution in [0, 0.1) is 0 Å². The van der Waals surface area contributed by atoms with Crippen molar-refractivity contribution in [1.82, 2.24) is 14.8 Å². The Morgan fingerprint density at radius 1 is 1.43 bits per heavy atom. The van der Waals surface area contributed by atoms with Crippen molar-refractivity contribution in [3.63, 3.8) is 0 Å². The van der Waals surface area contributed by atoms with Crippen LogP contribution in [0.15, 0.2) is 52.1 Å². The van der Waals surface area contributed by atoms with Gasteiger partial charge in [0.25, 0.3) is 0 Å². The maximum Gasteiger partial charge on any atom is 0.229 e. The first-order valence-electron chi connectivity index (χ1n) is 6.75. The largest absolute Gasteiger partial charge is 0.325 e. The standard InChI is InChI=1S/C15H13ClN4OS2/c1-20-9-17-19-15(20)23-13-5-4-10(16)7-12(13)18-14(21)8-11-3-2-6-22-11/h2-7,9H,8H2,1H3,(H,18,21). The maximum absolute atomic E-state index is 12.2. The number of hydrogen-bond donors (Lipinski definition) is 1. The van der Waals surface area contributed by atoms with E-state index in [1.165, 1.54) is 11.8 Å². The van der Waals surface area contributed by atoms with Gasteiger partial charge in [-0.25, -0.2) is 0 Å². The molecule has 2 aromatic heterocycles. The van der Waals surface area contributed by atoms with Gasteiger partial charge in [-0.3, -0.25) is 4.79 Å². The van der Waals surface area contributed by atoms with E-state index in [2.05, 4.69) is 15.5 Å². The fourth-order valence-corrected chi connectivity index (χ4v) is 3.63. The summed E-state index contributed by atoms with van der Waals surface area (Å²) in [4.78, 5) is 14.1. The van der Waals surface area contributed by atoms with E-state index in [0.717, 1.165) is 14.9 Å². The number of nitrogens with one attached hydrogen (secondary N) is 1. The van der Waals surface area contributed by atoms with E-state index >= 15 is 0 Å². The Morgan fingerprint density at radius 2 is 2.30 bits per heavy atom. The van der Waals surface area contributed by atoms with E-state index in [9.17, 15) is 4.79 Å². The van der Waals surface area contributed by atoms with Crippen LogP contribution in [0.2, 0.25) is 5.02 Å². The van der Waals surface area contributed by atoms with Crippen LogP contribution < -0.4 is 5.32 Å². The lowest BCUT2D eigenvalue weighted by molar-refractivity contribution is -0.115. The second kappa shape index (κ2) is 7.16. The molecule has 3 aromatic rings. The Morgan fingerprint density at radius 3 is 3.00 bits per heavy atom. The summed E-state index contributed by atoms with van der Waals surface area (Å²) < 4.78 is 1.82. The summed E-state index contributed by atoms with van der Waals surface area (Å²) in [5.74, 6) is -0.0745. The average molecular weight is 365 g/mol. The highest BCUT2D eigenvalue weighted by Crippen LogP contribution is 2.34. The monoisotopic (exact) mass is 364 g/mol. The number of carbonyl (C=O) groups is 1. The molecule has 1 aromatic carbocycles. The number of nitrogens with zero attached hydrogens (tertiary/aromatic N) is 3. The summed E-state index contributed by atoms with van der Waals surface area (Å²) in [5.41, 5.74) is 0.673. The topological polar surface area (TPSA) is 59.8 Å². The summed E-state index contributed by atoms with van der Waals surface area (Å²) in [7, 11) is 1.87. The minimum Gasteiger partial charge on any atom is -0.325 e. The van der Waals surface area contributed by atoms with Gasteiger partial charge in [-0.1, -0.05) is 17.7 Å². The number of amides is 1. The Balaban J connectivity index is 1.78. The molecule has 0 aliphatic heterocycles. The molecule has 0 saturated carbocycles. The third-order valence-corrected chi connectivity index (χ3v) is 5.24. The number of aromatic nitrogens is 3. The minimum atomic E-state index is -0.0745. The number of rotatable bonds is 5. The number of hydrogen-bond acceptors (Lipinski definition) is 5. The van der Waals surface area contributed by atoms with Gasteiger partial charge in [0.15, 0.2) is 5.16 Å². The number of aryl methyl sites for hydroxylation is 1. The van der Waals surface area contributed by atoms with Crippen LogP contribution in [-0.2, 0) is 18.3 Å². The molecule has 5 nitrogen and oxygen atoms in total. The molecule has 0 radical (unpaired) electrons. The third-order valence-electron chi connectivity index (χ3n) is 3.00. The second-order valence-corrected chi connectivity index (χ2v) is 7.25. The van der Waals surface area contributed by atoms with Crippen molar-refractivity contribution in [2.45, 2.75) is 16.5 Å². The van der Waals surface area contributed by atoms with Crippen LogP contribution in [0.3, 0.4) is 0 Å². The van der Waals surface area contributed by atoms with Crippen LogP contribution >= 0.6 is 34.7 Å². The van der Waals surface area contributed by atoms with Gasteiger partial charge >= 0.3 is 0 Å². The molecule has 0 spiro atoms. The van der Waals surface area contributed by atoms with E-state index in [0.29, 0.717) is 17.1 Å². The zero-order valence-electron chi connectivity index (χ0n) is 12.2. The predicted octanol–water partition coefficient (Wildman–Crippen LogP) is 3.86.